The average molecular weight is 350 g/mol. The van der Waals surface area contributed by atoms with Crippen LogP contribution in [0.5, 0.6) is 0 Å². The topological polar surface area (TPSA) is 180 Å². The zero-order chi connectivity index (χ0) is 16.8. The van der Waals surface area contributed by atoms with Crippen LogP contribution in [-0.2, 0) is 13.8 Å². The van der Waals surface area contributed by atoms with Crippen molar-refractivity contribution in [2.45, 2.75) is 24.5 Å². The lowest BCUT2D eigenvalue weighted by Crippen LogP contribution is -2.33. The largest absolute Gasteiger partial charge is 0.469 e. The van der Waals surface area contributed by atoms with Gasteiger partial charge in [-0.25, -0.2) is 14.5 Å². The lowest BCUT2D eigenvalue weighted by atomic mass is 10.1. The summed E-state index contributed by atoms with van der Waals surface area (Å²) in [4.78, 5) is 39.1. The number of hydrogen-bond acceptors (Lipinski definition) is 8. The zero-order valence-corrected chi connectivity index (χ0v) is 12.3. The molecule has 23 heavy (non-hydrogen) atoms. The Morgan fingerprint density at radius 1 is 1.43 bits per heavy atom. The van der Waals surface area contributed by atoms with E-state index in [4.69, 9.17) is 14.5 Å². The molecule has 1 aliphatic heterocycles. The molecule has 12 nitrogen and oxygen atoms in total. The van der Waals surface area contributed by atoms with E-state index in [1.807, 2.05) is 0 Å². The molecule has 126 valence electrons. The van der Waals surface area contributed by atoms with E-state index in [-0.39, 0.29) is 11.2 Å². The van der Waals surface area contributed by atoms with Crippen LogP contribution in [0.25, 0.3) is 11.2 Å². The fourth-order valence-corrected chi connectivity index (χ4v) is 2.66. The van der Waals surface area contributed by atoms with Crippen LogP contribution in [-0.4, -0.2) is 64.4 Å². The van der Waals surface area contributed by atoms with Gasteiger partial charge < -0.3 is 29.7 Å². The van der Waals surface area contributed by atoms with Crippen LogP contribution >= 0.6 is 7.82 Å². The molecule has 0 amide bonds. The Kier molecular flexibility index (Phi) is 4.06. The van der Waals surface area contributed by atoms with Gasteiger partial charge in [-0.15, -0.1) is 0 Å². The van der Waals surface area contributed by atoms with Crippen LogP contribution in [0.15, 0.2) is 17.4 Å². The lowest BCUT2D eigenvalue weighted by molar-refractivity contribution is -0.0504. The van der Waals surface area contributed by atoms with Crippen LogP contribution in [0.1, 0.15) is 6.23 Å². The molecule has 0 spiro atoms. The van der Waals surface area contributed by atoms with E-state index in [0.29, 0.717) is 0 Å². The Labute approximate surface area is 127 Å². The van der Waals surface area contributed by atoms with E-state index in [1.165, 1.54) is 10.9 Å². The smallest absolute Gasteiger partial charge is 0.387 e. The maximum Gasteiger partial charge on any atom is 0.469 e. The number of aliphatic hydroxyl groups is 2. The number of hydrogen-bond donors (Lipinski definition) is 5. The summed E-state index contributed by atoms with van der Waals surface area (Å²) in [6.45, 7) is -0.625. The Hall–Kier alpha value is -1.66. The van der Waals surface area contributed by atoms with Crippen LogP contribution in [0, 0.1) is 0 Å². The third-order valence-electron chi connectivity index (χ3n) is 3.38. The molecule has 0 aromatic carbocycles. The number of fused-ring (bicyclic) bond motifs is 1. The second-order valence-corrected chi connectivity index (χ2v) is 6.13. The third-order valence-corrected chi connectivity index (χ3v) is 3.87. The summed E-state index contributed by atoms with van der Waals surface area (Å²) < 4.78 is 21.6. The summed E-state index contributed by atoms with van der Waals surface area (Å²) in [6, 6.07) is 0. The first-order chi connectivity index (χ1) is 10.8. The molecule has 3 heterocycles. The normalized spacial score (nSPS) is 28.5. The van der Waals surface area contributed by atoms with Gasteiger partial charge in [0.1, 0.15) is 18.3 Å². The summed E-state index contributed by atoms with van der Waals surface area (Å²) in [5.41, 5.74) is -0.336. The molecule has 0 aliphatic carbocycles. The highest BCUT2D eigenvalue weighted by Gasteiger charge is 2.45. The van der Waals surface area contributed by atoms with Gasteiger partial charge in [0.25, 0.3) is 5.56 Å². The maximum absolute atomic E-state index is 11.6. The van der Waals surface area contributed by atoms with E-state index >= 15 is 0 Å². The third kappa shape index (κ3) is 3.05. The molecular weight excluding hydrogens is 337 g/mol. The van der Waals surface area contributed by atoms with Crippen molar-refractivity contribution in [2.24, 2.45) is 0 Å². The lowest BCUT2D eigenvalue weighted by Gasteiger charge is -2.16. The fraction of sp³-hybridized carbons (Fsp3) is 0.500. The van der Waals surface area contributed by atoms with Crippen molar-refractivity contribution < 1.29 is 33.8 Å². The van der Waals surface area contributed by atoms with Crippen molar-refractivity contribution in [3.63, 3.8) is 0 Å². The van der Waals surface area contributed by atoms with Gasteiger partial charge in [-0.05, 0) is 0 Å². The van der Waals surface area contributed by atoms with Crippen molar-refractivity contribution in [1.82, 2.24) is 19.5 Å². The van der Waals surface area contributed by atoms with Gasteiger partial charge in [-0.1, -0.05) is 0 Å². The molecule has 3 rings (SSSR count). The first-order valence-electron chi connectivity index (χ1n) is 6.40. The number of ether oxygens (including phenoxy) is 1. The molecule has 0 radical (unpaired) electrons. The standard InChI is InChI=1S/C10H13N4O8P/c15-6-4(1-21-23(18,19)20)22-10(7(6)16)14-3-13-5-8(14)11-2-12-9(5)17/h2-4,6-7,10,15-16H,1H2,(H,11,12,17)(H2,18,19,20)/t4-,6?,7+,10-/m1/s1/i3+2. The van der Waals surface area contributed by atoms with Crippen LogP contribution in [0.4, 0.5) is 0 Å². The maximum atomic E-state index is 11.6. The minimum atomic E-state index is -4.74. The summed E-state index contributed by atoms with van der Waals surface area (Å²) in [5.74, 6) is 0. The number of phosphoric acid groups is 1. The Balaban J connectivity index is 1.87. The molecule has 13 heteroatoms. The van der Waals surface area contributed by atoms with Crippen molar-refractivity contribution >= 4 is 19.0 Å². The first kappa shape index (κ1) is 16.2. The van der Waals surface area contributed by atoms with Gasteiger partial charge in [0.2, 0.25) is 0 Å². The van der Waals surface area contributed by atoms with E-state index < -0.39 is 44.5 Å². The van der Waals surface area contributed by atoms with Crippen LogP contribution < -0.4 is 5.56 Å². The van der Waals surface area contributed by atoms with E-state index in [9.17, 15) is 19.6 Å². The average Bonchev–Trinajstić information content (AvgIpc) is 3.01. The Bertz CT molecular complexity index is 815. The molecule has 1 fully saturated rings. The molecular formula is C10H13N4O8P. The number of imidazole rings is 1. The zero-order valence-electron chi connectivity index (χ0n) is 11.4. The van der Waals surface area contributed by atoms with Crippen LogP contribution in [0.2, 0.25) is 0 Å². The minimum Gasteiger partial charge on any atom is -0.387 e. The molecule has 2 aromatic rings. The minimum absolute atomic E-state index is 0.0210. The van der Waals surface area contributed by atoms with Crippen molar-refractivity contribution in [3.8, 4) is 0 Å². The van der Waals surface area contributed by atoms with Crippen molar-refractivity contribution in [3.05, 3.63) is 23.0 Å². The van der Waals surface area contributed by atoms with E-state index in [1.54, 1.807) is 0 Å². The predicted molar refractivity (Wildman–Crippen MR) is 72.1 cm³/mol. The second kappa shape index (κ2) is 5.76. The van der Waals surface area contributed by atoms with Gasteiger partial charge in [-0.2, -0.15) is 0 Å². The van der Waals surface area contributed by atoms with Crippen molar-refractivity contribution in [2.75, 3.05) is 6.61 Å². The first-order valence-corrected chi connectivity index (χ1v) is 7.93. The predicted octanol–water partition coefficient (Wildman–Crippen LogP) is -2.15. The highest BCUT2D eigenvalue weighted by atomic mass is 31.2. The Morgan fingerprint density at radius 2 is 2.17 bits per heavy atom. The number of aliphatic hydroxyl groups excluding tert-OH is 2. The number of rotatable bonds is 4. The molecule has 5 N–H and O–H groups in total. The number of phosphoric ester groups is 1. The highest BCUT2D eigenvalue weighted by Crippen LogP contribution is 2.38. The fourth-order valence-electron chi connectivity index (χ4n) is 2.32. The summed E-state index contributed by atoms with van der Waals surface area (Å²) >= 11 is 0. The molecule has 0 bridgehead atoms. The molecule has 1 unspecified atom stereocenters. The highest BCUT2D eigenvalue weighted by molar-refractivity contribution is 7.46. The number of nitrogens with one attached hydrogen (secondary N) is 1. The second-order valence-electron chi connectivity index (χ2n) is 4.89. The molecule has 2 aromatic heterocycles. The number of nitrogens with zero attached hydrogens (tertiary/aromatic N) is 3. The molecule has 4 atom stereocenters. The van der Waals surface area contributed by atoms with E-state index in [0.717, 1.165) is 6.33 Å². The van der Waals surface area contributed by atoms with Gasteiger partial charge in [0, 0.05) is 0 Å². The van der Waals surface area contributed by atoms with E-state index in [2.05, 4.69) is 19.5 Å². The summed E-state index contributed by atoms with van der Waals surface area (Å²) in [7, 11) is -4.74. The molecule has 1 aliphatic rings. The van der Waals surface area contributed by atoms with Gasteiger partial charge >= 0.3 is 7.82 Å². The Morgan fingerprint density at radius 3 is 2.87 bits per heavy atom. The molecule has 1 saturated heterocycles. The van der Waals surface area contributed by atoms with Gasteiger partial charge in [0.05, 0.1) is 19.3 Å². The molecule has 0 saturated carbocycles. The SMILES string of the molecule is O=c1[nH]cnc2c1n[14cH]n2[C@@H]1O[C@H](COP(=O)(O)O)C(O)[C@@H]1O. The quantitative estimate of drug-likeness (QED) is 0.381. The van der Waals surface area contributed by atoms with Crippen molar-refractivity contribution in [1.29, 1.82) is 0 Å². The van der Waals surface area contributed by atoms with Gasteiger partial charge in [-0.3, -0.25) is 13.9 Å². The number of aromatic amines is 1. The summed E-state index contributed by atoms with van der Waals surface area (Å²) in [6.07, 6.45) is -2.85. The van der Waals surface area contributed by atoms with Crippen LogP contribution in [0.3, 0.4) is 0 Å². The number of aromatic nitrogens is 4. The summed E-state index contributed by atoms with van der Waals surface area (Å²) in [5, 5.41) is 20.0. The number of H-pyrrole nitrogens is 1. The van der Waals surface area contributed by atoms with Gasteiger partial charge in [0.15, 0.2) is 17.4 Å². The monoisotopic (exact) mass is 350 g/mol.